The Morgan fingerprint density at radius 2 is 1.89 bits per heavy atom. The van der Waals surface area contributed by atoms with Gasteiger partial charge in [-0.25, -0.2) is 0 Å². The van der Waals surface area contributed by atoms with Crippen LogP contribution in [0.3, 0.4) is 0 Å². The maximum Gasteiger partial charge on any atom is 0.139 e. The minimum atomic E-state index is 0.623. The Bertz CT molecular complexity index is 528. The lowest BCUT2D eigenvalue weighted by atomic mass is 10.2. The SMILES string of the molecule is COc1cc(NCc2ccc(I)cc2)ccc1Cl. The molecule has 1 N–H and O–H groups in total. The van der Waals surface area contributed by atoms with Crippen molar-refractivity contribution in [3.63, 3.8) is 0 Å². The monoisotopic (exact) mass is 373 g/mol. The molecule has 0 saturated heterocycles. The summed E-state index contributed by atoms with van der Waals surface area (Å²) in [5.74, 6) is 0.685. The molecule has 2 rings (SSSR count). The predicted octanol–water partition coefficient (Wildman–Crippen LogP) is 4.57. The van der Waals surface area contributed by atoms with Crippen molar-refractivity contribution in [1.82, 2.24) is 0 Å². The van der Waals surface area contributed by atoms with Gasteiger partial charge in [0, 0.05) is 21.9 Å². The summed E-state index contributed by atoms with van der Waals surface area (Å²) in [4.78, 5) is 0. The van der Waals surface area contributed by atoms with Crippen molar-refractivity contribution in [3.8, 4) is 5.75 Å². The molecule has 0 amide bonds. The zero-order chi connectivity index (χ0) is 13.0. The normalized spacial score (nSPS) is 10.2. The van der Waals surface area contributed by atoms with E-state index in [0.717, 1.165) is 12.2 Å². The molecule has 0 spiro atoms. The lowest BCUT2D eigenvalue weighted by Gasteiger charge is -2.09. The minimum absolute atomic E-state index is 0.623. The molecule has 0 unspecified atom stereocenters. The molecule has 2 nitrogen and oxygen atoms in total. The van der Waals surface area contributed by atoms with Gasteiger partial charge in [-0.15, -0.1) is 0 Å². The van der Waals surface area contributed by atoms with Crippen LogP contribution >= 0.6 is 34.2 Å². The van der Waals surface area contributed by atoms with E-state index in [9.17, 15) is 0 Å². The van der Waals surface area contributed by atoms with Gasteiger partial charge in [0.1, 0.15) is 5.75 Å². The van der Waals surface area contributed by atoms with Gasteiger partial charge in [0.05, 0.1) is 12.1 Å². The number of hydrogen-bond acceptors (Lipinski definition) is 2. The number of nitrogens with one attached hydrogen (secondary N) is 1. The summed E-state index contributed by atoms with van der Waals surface area (Å²) in [6, 6.07) is 14.1. The Labute approximate surface area is 125 Å². The maximum atomic E-state index is 5.98. The first-order chi connectivity index (χ1) is 8.69. The number of hydrogen-bond donors (Lipinski definition) is 1. The highest BCUT2D eigenvalue weighted by Gasteiger charge is 2.01. The molecule has 0 atom stereocenters. The van der Waals surface area contributed by atoms with E-state index in [-0.39, 0.29) is 0 Å². The third-order valence-corrected chi connectivity index (χ3v) is 3.59. The molecule has 2 aromatic carbocycles. The Kier molecular flexibility index (Phi) is 4.72. The molecule has 4 heteroatoms. The van der Waals surface area contributed by atoms with E-state index in [1.807, 2.05) is 18.2 Å². The van der Waals surface area contributed by atoms with Crippen LogP contribution in [0.5, 0.6) is 5.75 Å². The van der Waals surface area contributed by atoms with Crippen molar-refractivity contribution in [2.45, 2.75) is 6.54 Å². The maximum absolute atomic E-state index is 5.98. The fourth-order valence-electron chi connectivity index (χ4n) is 1.58. The average Bonchev–Trinajstić information content (AvgIpc) is 2.39. The van der Waals surface area contributed by atoms with Gasteiger partial charge < -0.3 is 10.1 Å². The van der Waals surface area contributed by atoms with Crippen LogP contribution in [0.15, 0.2) is 42.5 Å². The summed E-state index contributed by atoms with van der Waals surface area (Å²) < 4.78 is 6.42. The molecule has 0 bridgehead atoms. The highest BCUT2D eigenvalue weighted by Crippen LogP contribution is 2.27. The molecule has 0 fully saturated rings. The number of rotatable bonds is 4. The fraction of sp³-hybridized carbons (Fsp3) is 0.143. The first-order valence-corrected chi connectivity index (χ1v) is 6.96. The molecular weight excluding hydrogens is 361 g/mol. The summed E-state index contributed by atoms with van der Waals surface area (Å²) in [5, 5.41) is 3.96. The summed E-state index contributed by atoms with van der Waals surface area (Å²) in [6.07, 6.45) is 0. The van der Waals surface area contributed by atoms with E-state index < -0.39 is 0 Å². The Morgan fingerprint density at radius 1 is 1.17 bits per heavy atom. The van der Waals surface area contributed by atoms with E-state index in [2.05, 4.69) is 52.2 Å². The first-order valence-electron chi connectivity index (χ1n) is 5.51. The second-order valence-electron chi connectivity index (χ2n) is 3.83. The van der Waals surface area contributed by atoms with Crippen LogP contribution in [0.1, 0.15) is 5.56 Å². The molecule has 0 aliphatic heterocycles. The predicted molar refractivity (Wildman–Crippen MR) is 84.5 cm³/mol. The number of ether oxygens (including phenoxy) is 1. The largest absolute Gasteiger partial charge is 0.495 e. The van der Waals surface area contributed by atoms with Gasteiger partial charge in [0.15, 0.2) is 0 Å². The Balaban J connectivity index is 2.04. The Morgan fingerprint density at radius 3 is 2.56 bits per heavy atom. The average molecular weight is 374 g/mol. The van der Waals surface area contributed by atoms with E-state index in [0.29, 0.717) is 10.8 Å². The number of halogens is 2. The van der Waals surface area contributed by atoms with Crippen LogP contribution in [-0.4, -0.2) is 7.11 Å². The van der Waals surface area contributed by atoms with Gasteiger partial charge in [-0.3, -0.25) is 0 Å². The van der Waals surface area contributed by atoms with Gasteiger partial charge >= 0.3 is 0 Å². The zero-order valence-electron chi connectivity index (χ0n) is 9.91. The molecule has 0 radical (unpaired) electrons. The summed E-state index contributed by atoms with van der Waals surface area (Å²) >= 11 is 8.28. The summed E-state index contributed by atoms with van der Waals surface area (Å²) in [6.45, 7) is 0.779. The molecule has 0 heterocycles. The van der Waals surface area contributed by atoms with Gasteiger partial charge in [-0.05, 0) is 52.4 Å². The molecule has 0 saturated carbocycles. The highest BCUT2D eigenvalue weighted by atomic mass is 127. The molecule has 0 aromatic heterocycles. The third kappa shape index (κ3) is 3.53. The highest BCUT2D eigenvalue weighted by molar-refractivity contribution is 14.1. The van der Waals surface area contributed by atoms with Gasteiger partial charge in [-0.1, -0.05) is 23.7 Å². The van der Waals surface area contributed by atoms with E-state index in [1.54, 1.807) is 7.11 Å². The Hall–Kier alpha value is -0.940. The summed E-state index contributed by atoms with van der Waals surface area (Å²) in [7, 11) is 1.62. The van der Waals surface area contributed by atoms with Gasteiger partial charge in [0.2, 0.25) is 0 Å². The second kappa shape index (κ2) is 6.29. The molecule has 0 aliphatic carbocycles. The topological polar surface area (TPSA) is 21.3 Å². The first kappa shape index (κ1) is 13.5. The fourth-order valence-corrected chi connectivity index (χ4v) is 2.13. The zero-order valence-corrected chi connectivity index (χ0v) is 12.8. The van der Waals surface area contributed by atoms with Crippen LogP contribution in [-0.2, 0) is 6.54 Å². The lowest BCUT2D eigenvalue weighted by molar-refractivity contribution is 0.415. The van der Waals surface area contributed by atoms with E-state index in [1.165, 1.54) is 9.13 Å². The third-order valence-electron chi connectivity index (χ3n) is 2.56. The molecular formula is C14H13ClINO. The van der Waals surface area contributed by atoms with Crippen LogP contribution < -0.4 is 10.1 Å². The molecule has 0 aliphatic rings. The standard InChI is InChI=1S/C14H13ClINO/c1-18-14-8-12(6-7-13(14)15)17-9-10-2-4-11(16)5-3-10/h2-8,17H,9H2,1H3. The van der Waals surface area contributed by atoms with Crippen molar-refractivity contribution in [1.29, 1.82) is 0 Å². The van der Waals surface area contributed by atoms with Crippen molar-refractivity contribution >= 4 is 39.9 Å². The smallest absolute Gasteiger partial charge is 0.139 e. The van der Waals surface area contributed by atoms with Crippen LogP contribution in [0.25, 0.3) is 0 Å². The number of methoxy groups -OCH3 is 1. The van der Waals surface area contributed by atoms with Crippen LogP contribution in [0, 0.1) is 3.57 Å². The van der Waals surface area contributed by atoms with Crippen molar-refractivity contribution in [2.24, 2.45) is 0 Å². The number of anilines is 1. The lowest BCUT2D eigenvalue weighted by Crippen LogP contribution is -1.99. The van der Waals surface area contributed by atoms with E-state index in [4.69, 9.17) is 16.3 Å². The van der Waals surface area contributed by atoms with Gasteiger partial charge in [-0.2, -0.15) is 0 Å². The van der Waals surface area contributed by atoms with E-state index >= 15 is 0 Å². The van der Waals surface area contributed by atoms with Crippen molar-refractivity contribution in [2.75, 3.05) is 12.4 Å². The minimum Gasteiger partial charge on any atom is -0.495 e. The molecule has 94 valence electrons. The van der Waals surface area contributed by atoms with Crippen molar-refractivity contribution < 1.29 is 4.74 Å². The van der Waals surface area contributed by atoms with Crippen molar-refractivity contribution in [3.05, 3.63) is 56.6 Å². The molecule has 2 aromatic rings. The quantitative estimate of drug-likeness (QED) is 0.793. The van der Waals surface area contributed by atoms with Crippen LogP contribution in [0.4, 0.5) is 5.69 Å². The second-order valence-corrected chi connectivity index (χ2v) is 5.48. The summed E-state index contributed by atoms with van der Waals surface area (Å²) in [5.41, 5.74) is 2.24. The van der Waals surface area contributed by atoms with Crippen LogP contribution in [0.2, 0.25) is 5.02 Å². The molecule has 18 heavy (non-hydrogen) atoms. The van der Waals surface area contributed by atoms with Gasteiger partial charge in [0.25, 0.3) is 0 Å². The number of benzene rings is 2.